The number of halogens is 2. The number of carbonyl (C=O) groups is 1. The van der Waals surface area contributed by atoms with Crippen molar-refractivity contribution in [2.45, 2.75) is 13.3 Å². The Balaban J connectivity index is 0.000000211. The summed E-state index contributed by atoms with van der Waals surface area (Å²) in [5.74, 6) is 2.33. The maximum absolute atomic E-state index is 14.7. The van der Waals surface area contributed by atoms with E-state index in [1.165, 1.54) is 6.07 Å². The highest BCUT2D eigenvalue weighted by molar-refractivity contribution is 5.97. The number of nitrogens with one attached hydrogen (secondary N) is 1. The highest BCUT2D eigenvalue weighted by Crippen LogP contribution is 2.50. The maximum atomic E-state index is 14.7. The summed E-state index contributed by atoms with van der Waals surface area (Å²) in [7, 11) is 0. The van der Waals surface area contributed by atoms with E-state index < -0.39 is 5.82 Å². The number of nitrogen functional groups attached to an aromatic ring is 1. The fraction of sp³-hybridized carbons (Fsp3) is 0.357. The van der Waals surface area contributed by atoms with Crippen molar-refractivity contribution >= 4 is 11.7 Å². The van der Waals surface area contributed by atoms with Crippen LogP contribution in [0.1, 0.15) is 22.8 Å². The Labute approximate surface area is 204 Å². The van der Waals surface area contributed by atoms with Crippen molar-refractivity contribution < 1.29 is 13.6 Å². The minimum atomic E-state index is -0.477. The molecule has 2 aromatic carbocycles. The van der Waals surface area contributed by atoms with Crippen molar-refractivity contribution in [1.82, 2.24) is 15.2 Å². The smallest absolute Gasteiger partial charge is 0.251 e. The lowest BCUT2D eigenvalue weighted by Gasteiger charge is -2.18. The van der Waals surface area contributed by atoms with Gasteiger partial charge in [-0.3, -0.25) is 4.79 Å². The topological polar surface area (TPSA) is 71.2 Å². The number of piperidine rings is 1. The summed E-state index contributed by atoms with van der Waals surface area (Å²) in [6.45, 7) is 5.68. The molecule has 3 heterocycles. The third kappa shape index (κ3) is 4.78. The third-order valence-corrected chi connectivity index (χ3v) is 7.53. The molecule has 3 N–H and O–H groups in total. The summed E-state index contributed by atoms with van der Waals surface area (Å²) < 4.78 is 26.5. The van der Waals surface area contributed by atoms with E-state index >= 15 is 0 Å². The first kappa shape index (κ1) is 23.4. The normalized spacial score (nSPS) is 22.5. The second kappa shape index (κ2) is 9.74. The first-order valence-electron chi connectivity index (χ1n) is 12.2. The van der Waals surface area contributed by atoms with Gasteiger partial charge < -0.3 is 16.0 Å². The summed E-state index contributed by atoms with van der Waals surface area (Å²) in [6, 6.07) is 14.6. The second-order valence-corrected chi connectivity index (χ2v) is 9.65. The molecule has 3 aliphatic rings. The van der Waals surface area contributed by atoms with Crippen molar-refractivity contribution in [3.8, 4) is 22.3 Å². The molecule has 2 atom stereocenters. The van der Waals surface area contributed by atoms with Gasteiger partial charge in [-0.15, -0.1) is 0 Å². The number of benzene rings is 2. The molecule has 0 spiro atoms. The van der Waals surface area contributed by atoms with Crippen LogP contribution in [0.5, 0.6) is 0 Å². The van der Waals surface area contributed by atoms with Crippen molar-refractivity contribution in [3.63, 3.8) is 0 Å². The number of nitrogens with zero attached hydrogens (tertiary/aromatic N) is 2. The minimum Gasteiger partial charge on any atom is -0.383 e. The number of rotatable bonds is 4. The Bertz CT molecular complexity index is 1220. The molecule has 6 rings (SSSR count). The lowest BCUT2D eigenvalue weighted by Crippen LogP contribution is -2.32. The average molecular weight is 477 g/mol. The molecule has 35 heavy (non-hydrogen) atoms. The van der Waals surface area contributed by atoms with Crippen molar-refractivity contribution in [1.29, 1.82) is 0 Å². The Morgan fingerprint density at radius 1 is 1.06 bits per heavy atom. The van der Waals surface area contributed by atoms with Gasteiger partial charge in [-0.25, -0.2) is 13.8 Å². The zero-order chi connectivity index (χ0) is 24.5. The summed E-state index contributed by atoms with van der Waals surface area (Å²) in [4.78, 5) is 18.4. The van der Waals surface area contributed by atoms with Gasteiger partial charge >= 0.3 is 0 Å². The van der Waals surface area contributed by atoms with Crippen molar-refractivity contribution in [2.75, 3.05) is 38.6 Å². The molecule has 1 aromatic heterocycles. The number of anilines is 1. The van der Waals surface area contributed by atoms with Crippen LogP contribution in [-0.2, 0) is 6.42 Å². The molecule has 2 unspecified atom stereocenters. The van der Waals surface area contributed by atoms with Gasteiger partial charge in [0.1, 0.15) is 18.3 Å². The Morgan fingerprint density at radius 2 is 1.80 bits per heavy atom. The van der Waals surface area contributed by atoms with Crippen LogP contribution in [0.2, 0.25) is 0 Å². The molecule has 5 nitrogen and oxygen atoms in total. The number of nitrogens with two attached hydrogens (primary N) is 1. The maximum Gasteiger partial charge on any atom is 0.251 e. The number of aromatic nitrogens is 1. The SMILES string of the molecule is CC1C2CN(CCF)CC12.Nc1ncc(-c2ccccc2)cc1-c1cc2c(cc1F)C(=O)NCC2. The molecule has 1 saturated heterocycles. The number of likely N-dealkylation sites (tertiary alicyclic amines) is 1. The molecule has 182 valence electrons. The molecule has 1 aliphatic carbocycles. The first-order valence-corrected chi connectivity index (χ1v) is 12.2. The fourth-order valence-corrected chi connectivity index (χ4v) is 5.34. The summed E-state index contributed by atoms with van der Waals surface area (Å²) in [5, 5.41) is 2.72. The molecule has 3 aromatic rings. The van der Waals surface area contributed by atoms with Crippen molar-refractivity contribution in [3.05, 3.63) is 71.7 Å². The number of alkyl halides is 1. The largest absolute Gasteiger partial charge is 0.383 e. The molecule has 2 aliphatic heterocycles. The predicted octanol–water partition coefficient (Wildman–Crippen LogP) is 4.58. The van der Waals surface area contributed by atoms with Crippen LogP contribution in [0.25, 0.3) is 22.3 Å². The molecule has 1 saturated carbocycles. The van der Waals surface area contributed by atoms with Crippen LogP contribution < -0.4 is 11.1 Å². The fourth-order valence-electron chi connectivity index (χ4n) is 5.34. The van der Waals surface area contributed by atoms with Crippen LogP contribution in [0.3, 0.4) is 0 Å². The van der Waals surface area contributed by atoms with E-state index in [2.05, 4.69) is 22.1 Å². The number of amides is 1. The monoisotopic (exact) mass is 476 g/mol. The number of carbonyl (C=O) groups excluding carboxylic acids is 1. The number of hydrogen-bond acceptors (Lipinski definition) is 4. The molecule has 2 fully saturated rings. The van der Waals surface area contributed by atoms with Crippen LogP contribution in [0, 0.1) is 23.6 Å². The Hall–Kier alpha value is -3.32. The number of pyridine rings is 1. The number of hydrogen-bond donors (Lipinski definition) is 2. The van der Waals surface area contributed by atoms with Crippen LogP contribution in [0.4, 0.5) is 14.6 Å². The van der Waals surface area contributed by atoms with Crippen molar-refractivity contribution in [2.24, 2.45) is 17.8 Å². The minimum absolute atomic E-state index is 0.173. The first-order chi connectivity index (χ1) is 17.0. The van der Waals surface area contributed by atoms with Crippen LogP contribution in [0.15, 0.2) is 54.7 Å². The van der Waals surface area contributed by atoms with Gasteiger partial charge in [0.25, 0.3) is 5.91 Å². The van der Waals surface area contributed by atoms with Gasteiger partial charge in [-0.1, -0.05) is 37.3 Å². The lowest BCUT2D eigenvalue weighted by atomic mass is 9.93. The second-order valence-electron chi connectivity index (χ2n) is 9.65. The van der Waals surface area contributed by atoms with Gasteiger partial charge in [0.05, 0.1) is 0 Å². The van der Waals surface area contributed by atoms with E-state index in [0.717, 1.165) is 47.5 Å². The van der Waals surface area contributed by atoms with E-state index in [0.29, 0.717) is 36.2 Å². The van der Waals surface area contributed by atoms with Gasteiger partial charge in [-0.2, -0.15) is 0 Å². The van der Waals surface area contributed by atoms with E-state index in [1.807, 2.05) is 36.4 Å². The molecule has 7 heteroatoms. The summed E-state index contributed by atoms with van der Waals surface area (Å²) in [5.41, 5.74) is 9.97. The van der Waals surface area contributed by atoms with Gasteiger partial charge in [0, 0.05) is 54.6 Å². The van der Waals surface area contributed by atoms with E-state index in [9.17, 15) is 13.6 Å². The summed E-state index contributed by atoms with van der Waals surface area (Å²) >= 11 is 0. The molecule has 1 amide bonds. The highest BCUT2D eigenvalue weighted by Gasteiger charge is 2.52. The average Bonchev–Trinajstić information content (AvgIpc) is 3.25. The quantitative estimate of drug-likeness (QED) is 0.579. The zero-order valence-corrected chi connectivity index (χ0v) is 19.8. The predicted molar refractivity (Wildman–Crippen MR) is 134 cm³/mol. The van der Waals surface area contributed by atoms with E-state index in [1.54, 1.807) is 12.3 Å². The standard InChI is InChI=1S/C20H16FN3O.C8H14FN/c21-18-10-15-13(6-7-23-20(15)25)8-16(18)17-9-14(11-24-19(17)22)12-4-2-1-3-5-12;1-6-7-4-10(3-2-9)5-8(6)7/h1-5,8-11H,6-7H2,(H2,22,24)(H,23,25);6-8H,2-5H2,1H3. The lowest BCUT2D eigenvalue weighted by molar-refractivity contribution is 0.0945. The van der Waals surface area contributed by atoms with Gasteiger partial charge in [0.2, 0.25) is 0 Å². The molecular weight excluding hydrogens is 446 g/mol. The molecule has 0 radical (unpaired) electrons. The Kier molecular flexibility index (Phi) is 6.52. The van der Waals surface area contributed by atoms with E-state index in [-0.39, 0.29) is 18.4 Å². The Morgan fingerprint density at radius 3 is 2.51 bits per heavy atom. The van der Waals surface area contributed by atoms with Gasteiger partial charge in [-0.05, 0) is 53.5 Å². The molecule has 0 bridgehead atoms. The van der Waals surface area contributed by atoms with E-state index in [4.69, 9.17) is 5.73 Å². The molecular formula is C28H30F2N4O. The van der Waals surface area contributed by atoms with Gasteiger partial charge in [0.15, 0.2) is 0 Å². The third-order valence-electron chi connectivity index (χ3n) is 7.53. The zero-order valence-electron chi connectivity index (χ0n) is 19.8. The summed E-state index contributed by atoms with van der Waals surface area (Å²) in [6.07, 6.45) is 2.35. The highest BCUT2D eigenvalue weighted by atomic mass is 19.1. The van der Waals surface area contributed by atoms with Crippen LogP contribution >= 0.6 is 0 Å². The number of fused-ring (bicyclic) bond motifs is 2. The van der Waals surface area contributed by atoms with Crippen LogP contribution in [-0.4, -0.2) is 48.6 Å².